The average Bonchev–Trinajstić information content (AvgIpc) is 2.27. The third-order valence-electron chi connectivity index (χ3n) is 2.14. The molecule has 0 aromatic heterocycles. The summed E-state index contributed by atoms with van der Waals surface area (Å²) < 4.78 is 5.50. The van der Waals surface area contributed by atoms with Gasteiger partial charge in [-0.3, -0.25) is 4.79 Å². The first-order valence-corrected chi connectivity index (χ1v) is 5.80. The van der Waals surface area contributed by atoms with E-state index in [1.807, 2.05) is 26.8 Å². The topological polar surface area (TPSA) is 62.1 Å². The molecule has 0 fully saturated rings. The summed E-state index contributed by atoms with van der Waals surface area (Å²) in [6.07, 6.45) is -0.599. The van der Waals surface area contributed by atoms with Gasteiger partial charge in [-0.05, 0) is 45.9 Å². The minimum absolute atomic E-state index is 0.176. The number of ether oxygens (including phenoxy) is 1. The number of carbonyl (C=O) groups excluding carboxylic acids is 1. The van der Waals surface area contributed by atoms with Gasteiger partial charge in [-0.15, -0.1) is 0 Å². The molecule has 0 spiro atoms. The molecule has 96 valence electrons. The third kappa shape index (κ3) is 4.46. The van der Waals surface area contributed by atoms with E-state index in [-0.39, 0.29) is 11.4 Å². The van der Waals surface area contributed by atoms with Gasteiger partial charge in [0.1, 0.15) is 5.75 Å². The van der Waals surface area contributed by atoms with Gasteiger partial charge in [-0.2, -0.15) is 5.26 Å². The second kappa shape index (κ2) is 5.54. The van der Waals surface area contributed by atoms with Crippen molar-refractivity contribution in [3.63, 3.8) is 0 Å². The molecule has 1 rings (SSSR count). The minimum Gasteiger partial charge on any atom is -0.481 e. The Labute approximate surface area is 108 Å². The van der Waals surface area contributed by atoms with Crippen molar-refractivity contribution in [2.24, 2.45) is 0 Å². The number of nitrogens with zero attached hydrogens (tertiary/aromatic N) is 1. The molecule has 0 radical (unpaired) electrons. The van der Waals surface area contributed by atoms with Crippen molar-refractivity contribution >= 4 is 5.91 Å². The van der Waals surface area contributed by atoms with E-state index < -0.39 is 6.10 Å². The number of hydrogen-bond donors (Lipinski definition) is 1. The van der Waals surface area contributed by atoms with Crippen LogP contribution >= 0.6 is 0 Å². The summed E-state index contributed by atoms with van der Waals surface area (Å²) in [6, 6.07) is 8.78. The van der Waals surface area contributed by atoms with Gasteiger partial charge in [-0.25, -0.2) is 0 Å². The van der Waals surface area contributed by atoms with Crippen LogP contribution in [0.5, 0.6) is 5.75 Å². The fourth-order valence-corrected chi connectivity index (χ4v) is 1.37. The second-order valence-electron chi connectivity index (χ2n) is 5.14. The Balaban J connectivity index is 2.67. The molecule has 0 aliphatic rings. The van der Waals surface area contributed by atoms with Crippen molar-refractivity contribution in [3.05, 3.63) is 29.8 Å². The largest absolute Gasteiger partial charge is 0.481 e. The molecule has 4 nitrogen and oxygen atoms in total. The Morgan fingerprint density at radius 3 is 2.67 bits per heavy atom. The molecule has 0 unspecified atom stereocenters. The van der Waals surface area contributed by atoms with Crippen LogP contribution in [0.4, 0.5) is 0 Å². The van der Waals surface area contributed by atoms with Crippen molar-refractivity contribution in [2.45, 2.75) is 39.3 Å². The van der Waals surface area contributed by atoms with E-state index in [1.165, 1.54) is 0 Å². The van der Waals surface area contributed by atoms with E-state index >= 15 is 0 Å². The number of nitrogens with one attached hydrogen (secondary N) is 1. The van der Waals surface area contributed by atoms with Gasteiger partial charge in [0.2, 0.25) is 0 Å². The van der Waals surface area contributed by atoms with Crippen molar-refractivity contribution in [1.82, 2.24) is 5.32 Å². The van der Waals surface area contributed by atoms with Crippen LogP contribution in [0.1, 0.15) is 33.3 Å². The van der Waals surface area contributed by atoms with Gasteiger partial charge in [0.15, 0.2) is 6.10 Å². The monoisotopic (exact) mass is 246 g/mol. The van der Waals surface area contributed by atoms with Gasteiger partial charge in [0.05, 0.1) is 11.6 Å². The van der Waals surface area contributed by atoms with Gasteiger partial charge < -0.3 is 10.1 Å². The molecule has 0 aliphatic carbocycles. The number of nitriles is 1. The second-order valence-corrected chi connectivity index (χ2v) is 5.14. The molecule has 1 N–H and O–H groups in total. The summed E-state index contributed by atoms with van der Waals surface area (Å²) in [5, 5.41) is 11.6. The zero-order valence-electron chi connectivity index (χ0n) is 11.2. The molecule has 0 aliphatic heterocycles. The summed E-state index contributed by atoms with van der Waals surface area (Å²) >= 11 is 0. The summed E-state index contributed by atoms with van der Waals surface area (Å²) in [6.45, 7) is 7.41. The predicted octanol–water partition coefficient (Wildman–Crippen LogP) is 2.24. The summed E-state index contributed by atoms with van der Waals surface area (Å²) in [5.74, 6) is 0.343. The highest BCUT2D eigenvalue weighted by Crippen LogP contribution is 2.14. The number of benzene rings is 1. The quantitative estimate of drug-likeness (QED) is 0.889. The SMILES string of the molecule is C[C@H](Oc1cccc(C#N)c1)C(=O)NC(C)(C)C. The highest BCUT2D eigenvalue weighted by atomic mass is 16.5. The lowest BCUT2D eigenvalue weighted by atomic mass is 10.1. The number of amides is 1. The molecule has 1 aromatic rings. The molecule has 1 amide bonds. The van der Waals surface area contributed by atoms with Gasteiger partial charge in [0, 0.05) is 5.54 Å². The van der Waals surface area contributed by atoms with Gasteiger partial charge >= 0.3 is 0 Å². The molecule has 1 atom stereocenters. The standard InChI is InChI=1S/C14H18N2O2/c1-10(13(17)16-14(2,3)4)18-12-7-5-6-11(8-12)9-15/h5-8,10H,1-4H3,(H,16,17)/t10-/m0/s1. The first-order valence-electron chi connectivity index (χ1n) is 5.80. The normalized spacial score (nSPS) is 12.4. The molecule has 0 heterocycles. The predicted molar refractivity (Wildman–Crippen MR) is 69.1 cm³/mol. The first kappa shape index (κ1) is 14.0. The molecular formula is C14H18N2O2. The maximum absolute atomic E-state index is 11.8. The van der Waals surface area contributed by atoms with E-state index in [0.717, 1.165) is 0 Å². The lowest BCUT2D eigenvalue weighted by molar-refractivity contribution is -0.128. The Kier molecular flexibility index (Phi) is 4.33. The van der Waals surface area contributed by atoms with Crippen molar-refractivity contribution in [2.75, 3.05) is 0 Å². The van der Waals surface area contributed by atoms with Crippen molar-refractivity contribution in [1.29, 1.82) is 5.26 Å². The molecule has 0 saturated carbocycles. The maximum Gasteiger partial charge on any atom is 0.261 e. The zero-order chi connectivity index (χ0) is 13.8. The number of carbonyl (C=O) groups is 1. The van der Waals surface area contributed by atoms with Crippen LogP contribution in [0.2, 0.25) is 0 Å². The minimum atomic E-state index is -0.599. The summed E-state index contributed by atoms with van der Waals surface area (Å²) in [7, 11) is 0. The summed E-state index contributed by atoms with van der Waals surface area (Å²) in [4.78, 5) is 11.8. The highest BCUT2D eigenvalue weighted by Gasteiger charge is 2.20. The van der Waals surface area contributed by atoms with Crippen LogP contribution in [0.15, 0.2) is 24.3 Å². The molecule has 1 aromatic carbocycles. The lowest BCUT2D eigenvalue weighted by Crippen LogP contribution is -2.46. The molecular weight excluding hydrogens is 228 g/mol. The number of hydrogen-bond acceptors (Lipinski definition) is 3. The van der Waals surface area contributed by atoms with Crippen LogP contribution in [-0.2, 0) is 4.79 Å². The summed E-state index contributed by atoms with van der Waals surface area (Å²) in [5.41, 5.74) is 0.222. The van der Waals surface area contributed by atoms with Crippen LogP contribution < -0.4 is 10.1 Å². The Bertz CT molecular complexity index is 469. The van der Waals surface area contributed by atoms with Gasteiger partial charge in [-0.1, -0.05) is 6.07 Å². The van der Waals surface area contributed by atoms with E-state index in [9.17, 15) is 4.79 Å². The highest BCUT2D eigenvalue weighted by molar-refractivity contribution is 5.81. The van der Waals surface area contributed by atoms with Crippen LogP contribution in [0, 0.1) is 11.3 Å². The van der Waals surface area contributed by atoms with Gasteiger partial charge in [0.25, 0.3) is 5.91 Å². The van der Waals surface area contributed by atoms with Crippen LogP contribution in [-0.4, -0.2) is 17.6 Å². The Hall–Kier alpha value is -2.02. The number of rotatable bonds is 3. The van der Waals surface area contributed by atoms with Crippen molar-refractivity contribution in [3.8, 4) is 11.8 Å². The van der Waals surface area contributed by atoms with E-state index in [1.54, 1.807) is 31.2 Å². The fraction of sp³-hybridized carbons (Fsp3) is 0.429. The average molecular weight is 246 g/mol. The first-order chi connectivity index (χ1) is 8.31. The fourth-order valence-electron chi connectivity index (χ4n) is 1.37. The third-order valence-corrected chi connectivity index (χ3v) is 2.14. The van der Waals surface area contributed by atoms with E-state index in [4.69, 9.17) is 10.00 Å². The smallest absolute Gasteiger partial charge is 0.261 e. The molecule has 18 heavy (non-hydrogen) atoms. The molecule has 0 bridgehead atoms. The van der Waals surface area contributed by atoms with E-state index in [2.05, 4.69) is 5.32 Å². The molecule has 0 saturated heterocycles. The zero-order valence-corrected chi connectivity index (χ0v) is 11.2. The Morgan fingerprint density at radius 2 is 2.11 bits per heavy atom. The Morgan fingerprint density at radius 1 is 1.44 bits per heavy atom. The van der Waals surface area contributed by atoms with Crippen LogP contribution in [0.25, 0.3) is 0 Å². The molecule has 4 heteroatoms. The van der Waals surface area contributed by atoms with Crippen LogP contribution in [0.3, 0.4) is 0 Å². The maximum atomic E-state index is 11.8. The lowest BCUT2D eigenvalue weighted by Gasteiger charge is -2.23. The van der Waals surface area contributed by atoms with Crippen molar-refractivity contribution < 1.29 is 9.53 Å². The van der Waals surface area contributed by atoms with E-state index in [0.29, 0.717) is 11.3 Å².